The summed E-state index contributed by atoms with van der Waals surface area (Å²) in [7, 11) is -3.81. The summed E-state index contributed by atoms with van der Waals surface area (Å²) in [5, 5.41) is 13.9. The van der Waals surface area contributed by atoms with Gasteiger partial charge in [-0.15, -0.1) is 6.58 Å². The van der Waals surface area contributed by atoms with Crippen molar-refractivity contribution in [1.82, 2.24) is 4.72 Å². The lowest BCUT2D eigenvalue weighted by molar-refractivity contribution is -0.384. The average molecular weight is 313 g/mol. The molecule has 0 heterocycles. The third-order valence-electron chi connectivity index (χ3n) is 2.35. The zero-order valence-electron chi connectivity index (χ0n) is 12.2. The molecule has 0 aliphatic rings. The number of rotatable bonds is 6. The van der Waals surface area contributed by atoms with Crippen LogP contribution < -0.4 is 10.0 Å². The van der Waals surface area contributed by atoms with Crippen LogP contribution in [0.3, 0.4) is 0 Å². The second kappa shape index (κ2) is 6.23. The van der Waals surface area contributed by atoms with Crippen LogP contribution in [0.5, 0.6) is 0 Å². The Labute approximate surface area is 124 Å². The molecule has 0 spiro atoms. The minimum absolute atomic E-state index is 0.145. The summed E-state index contributed by atoms with van der Waals surface area (Å²) in [5.41, 5.74) is -0.726. The lowest BCUT2D eigenvalue weighted by Gasteiger charge is -2.20. The molecule has 0 bridgehead atoms. The van der Waals surface area contributed by atoms with E-state index in [-0.39, 0.29) is 16.3 Å². The van der Waals surface area contributed by atoms with Crippen molar-refractivity contribution < 1.29 is 13.3 Å². The lowest BCUT2D eigenvalue weighted by atomic mass is 10.1. The minimum Gasteiger partial charge on any atom is -0.376 e. The Morgan fingerprint density at radius 3 is 2.48 bits per heavy atom. The highest BCUT2D eigenvalue weighted by Gasteiger charge is 2.25. The van der Waals surface area contributed by atoms with E-state index in [0.29, 0.717) is 6.54 Å². The summed E-state index contributed by atoms with van der Waals surface area (Å²) in [5.74, 6) is 0. The van der Waals surface area contributed by atoms with Crippen molar-refractivity contribution >= 4 is 21.4 Å². The molecule has 7 nitrogen and oxygen atoms in total. The van der Waals surface area contributed by atoms with Gasteiger partial charge >= 0.3 is 0 Å². The SMILES string of the molecule is C=CCNc1ccc(S(=O)(=O)NC(C)(C)C)cc1[N+](=O)[O-]. The van der Waals surface area contributed by atoms with Crippen molar-refractivity contribution in [3.8, 4) is 0 Å². The van der Waals surface area contributed by atoms with E-state index in [9.17, 15) is 18.5 Å². The maximum Gasteiger partial charge on any atom is 0.293 e. The zero-order chi connectivity index (χ0) is 16.3. The molecule has 116 valence electrons. The van der Waals surface area contributed by atoms with Crippen molar-refractivity contribution in [1.29, 1.82) is 0 Å². The Balaban J connectivity index is 3.25. The van der Waals surface area contributed by atoms with E-state index < -0.39 is 20.5 Å². The van der Waals surface area contributed by atoms with Crippen molar-refractivity contribution in [2.75, 3.05) is 11.9 Å². The van der Waals surface area contributed by atoms with Crippen LogP contribution in [-0.4, -0.2) is 25.4 Å². The molecule has 0 amide bonds. The van der Waals surface area contributed by atoms with Gasteiger partial charge in [0, 0.05) is 18.2 Å². The average Bonchev–Trinajstić information content (AvgIpc) is 2.33. The molecule has 2 N–H and O–H groups in total. The summed E-state index contributed by atoms with van der Waals surface area (Å²) in [6, 6.07) is 3.74. The van der Waals surface area contributed by atoms with Gasteiger partial charge in [0.25, 0.3) is 5.69 Å². The molecule has 0 radical (unpaired) electrons. The summed E-state index contributed by atoms with van der Waals surface area (Å²) >= 11 is 0. The Morgan fingerprint density at radius 1 is 1.38 bits per heavy atom. The molecule has 1 rings (SSSR count). The van der Waals surface area contributed by atoms with Crippen LogP contribution >= 0.6 is 0 Å². The van der Waals surface area contributed by atoms with E-state index in [4.69, 9.17) is 0 Å². The molecule has 8 heteroatoms. The number of anilines is 1. The van der Waals surface area contributed by atoms with Gasteiger partial charge in [0.1, 0.15) is 5.69 Å². The first-order valence-electron chi connectivity index (χ1n) is 6.24. The first-order chi connectivity index (χ1) is 9.57. The molecule has 1 aromatic rings. The van der Waals surface area contributed by atoms with Crippen molar-refractivity contribution in [3.05, 3.63) is 41.0 Å². The molecule has 0 unspecified atom stereocenters. The number of nitro groups is 1. The fourth-order valence-electron chi connectivity index (χ4n) is 1.62. The lowest BCUT2D eigenvalue weighted by Crippen LogP contribution is -2.40. The molecular formula is C13H19N3O4S. The number of hydrogen-bond acceptors (Lipinski definition) is 5. The van der Waals surface area contributed by atoms with Crippen LogP contribution in [0.15, 0.2) is 35.7 Å². The largest absolute Gasteiger partial charge is 0.376 e. The van der Waals surface area contributed by atoms with E-state index in [2.05, 4.69) is 16.6 Å². The zero-order valence-corrected chi connectivity index (χ0v) is 13.0. The Hall–Kier alpha value is -1.93. The van der Waals surface area contributed by atoms with Gasteiger partial charge in [0.2, 0.25) is 10.0 Å². The standard InChI is InChI=1S/C13H19N3O4S/c1-5-8-14-11-7-6-10(9-12(11)16(17)18)21(19,20)15-13(2,3)4/h5-7,9,14-15H,1,8H2,2-4H3. The van der Waals surface area contributed by atoms with Crippen molar-refractivity contribution in [3.63, 3.8) is 0 Å². The maximum absolute atomic E-state index is 12.2. The van der Waals surface area contributed by atoms with Gasteiger partial charge in [-0.25, -0.2) is 13.1 Å². The predicted molar refractivity (Wildman–Crippen MR) is 81.9 cm³/mol. The van der Waals surface area contributed by atoms with E-state index in [1.165, 1.54) is 12.1 Å². The van der Waals surface area contributed by atoms with Gasteiger partial charge in [-0.3, -0.25) is 10.1 Å². The number of sulfonamides is 1. The normalized spacial score (nSPS) is 12.0. The maximum atomic E-state index is 12.2. The molecule has 0 fully saturated rings. The third-order valence-corrected chi connectivity index (χ3v) is 4.11. The highest BCUT2D eigenvalue weighted by Crippen LogP contribution is 2.27. The molecule has 21 heavy (non-hydrogen) atoms. The van der Waals surface area contributed by atoms with Crippen LogP contribution in [0.2, 0.25) is 0 Å². The first kappa shape index (κ1) is 17.1. The second-order valence-corrected chi connectivity index (χ2v) is 7.14. The van der Waals surface area contributed by atoms with E-state index in [1.54, 1.807) is 26.8 Å². The molecule has 0 aromatic heterocycles. The molecule has 0 aliphatic carbocycles. The number of benzene rings is 1. The van der Waals surface area contributed by atoms with Gasteiger partial charge < -0.3 is 5.32 Å². The number of nitrogens with one attached hydrogen (secondary N) is 2. The van der Waals surface area contributed by atoms with Crippen LogP contribution in [0, 0.1) is 10.1 Å². The Morgan fingerprint density at radius 2 is 2.00 bits per heavy atom. The first-order valence-corrected chi connectivity index (χ1v) is 7.72. The van der Waals surface area contributed by atoms with Crippen molar-refractivity contribution in [2.24, 2.45) is 0 Å². The number of nitro benzene ring substituents is 1. The molecular weight excluding hydrogens is 294 g/mol. The summed E-state index contributed by atoms with van der Waals surface area (Å²) in [4.78, 5) is 10.3. The fraction of sp³-hybridized carbons (Fsp3) is 0.385. The molecule has 0 atom stereocenters. The number of hydrogen-bond donors (Lipinski definition) is 2. The van der Waals surface area contributed by atoms with Gasteiger partial charge in [-0.1, -0.05) is 6.08 Å². The van der Waals surface area contributed by atoms with E-state index >= 15 is 0 Å². The molecule has 1 aromatic carbocycles. The smallest absolute Gasteiger partial charge is 0.293 e. The highest BCUT2D eigenvalue weighted by atomic mass is 32.2. The molecule has 0 saturated heterocycles. The fourth-order valence-corrected chi connectivity index (χ4v) is 3.06. The van der Waals surface area contributed by atoms with Gasteiger partial charge in [0.05, 0.1) is 9.82 Å². The Bertz CT molecular complexity index is 648. The second-order valence-electron chi connectivity index (χ2n) is 5.46. The van der Waals surface area contributed by atoms with Crippen molar-refractivity contribution in [2.45, 2.75) is 31.2 Å². The summed E-state index contributed by atoms with van der Waals surface area (Å²) in [6.07, 6.45) is 1.55. The number of nitrogens with zero attached hydrogens (tertiary/aromatic N) is 1. The Kier molecular flexibility index (Phi) is 5.08. The highest BCUT2D eigenvalue weighted by molar-refractivity contribution is 7.89. The summed E-state index contributed by atoms with van der Waals surface area (Å²) < 4.78 is 26.8. The van der Waals surface area contributed by atoms with E-state index in [0.717, 1.165) is 6.07 Å². The van der Waals surface area contributed by atoms with Crippen LogP contribution in [0.25, 0.3) is 0 Å². The predicted octanol–water partition coefficient (Wildman–Crippen LogP) is 2.27. The van der Waals surface area contributed by atoms with Gasteiger partial charge in [-0.05, 0) is 32.9 Å². The molecule has 0 saturated carbocycles. The van der Waals surface area contributed by atoms with Gasteiger partial charge in [0.15, 0.2) is 0 Å². The van der Waals surface area contributed by atoms with Gasteiger partial charge in [-0.2, -0.15) is 0 Å². The monoisotopic (exact) mass is 313 g/mol. The quantitative estimate of drug-likeness (QED) is 0.476. The summed E-state index contributed by atoms with van der Waals surface area (Å²) in [6.45, 7) is 8.93. The van der Waals surface area contributed by atoms with Crippen LogP contribution in [0.4, 0.5) is 11.4 Å². The van der Waals surface area contributed by atoms with Crippen LogP contribution in [0.1, 0.15) is 20.8 Å². The third kappa shape index (κ3) is 4.83. The van der Waals surface area contributed by atoms with E-state index in [1.807, 2.05) is 0 Å². The minimum atomic E-state index is -3.81. The topological polar surface area (TPSA) is 101 Å². The van der Waals surface area contributed by atoms with Crippen LogP contribution in [-0.2, 0) is 10.0 Å². The molecule has 0 aliphatic heterocycles.